The zero-order valence-electron chi connectivity index (χ0n) is 5.88. The summed E-state index contributed by atoms with van der Waals surface area (Å²) in [4.78, 5) is 21.1. The minimum absolute atomic E-state index is 0.343. The molecule has 0 saturated carbocycles. The van der Waals surface area contributed by atoms with Crippen LogP contribution in [0.1, 0.15) is 6.92 Å². The van der Waals surface area contributed by atoms with Gasteiger partial charge in [-0.05, 0) is 13.2 Å². The first-order chi connectivity index (χ1) is 4.76. The Bertz CT molecular complexity index is 165. The highest BCUT2D eigenvalue weighted by atomic mass is 32.2. The number of amides is 2. The Morgan fingerprint density at radius 1 is 1.60 bits per heavy atom. The van der Waals surface area contributed by atoms with E-state index >= 15 is 0 Å². The van der Waals surface area contributed by atoms with Crippen molar-refractivity contribution in [3.05, 3.63) is 11.0 Å². The third-order valence-electron chi connectivity index (χ3n) is 0.896. The maximum Gasteiger partial charge on any atom is 0.263 e. The van der Waals surface area contributed by atoms with Gasteiger partial charge in [0.05, 0.1) is 4.91 Å². The quantitative estimate of drug-likeness (QED) is 0.482. The van der Waals surface area contributed by atoms with E-state index in [4.69, 9.17) is 0 Å². The molecule has 0 aromatic heterocycles. The van der Waals surface area contributed by atoms with Gasteiger partial charge in [-0.1, -0.05) is 6.08 Å². The van der Waals surface area contributed by atoms with E-state index in [1.165, 1.54) is 11.8 Å². The van der Waals surface area contributed by atoms with Crippen LogP contribution in [-0.4, -0.2) is 18.6 Å². The lowest BCUT2D eigenvalue weighted by Crippen LogP contribution is -2.21. The summed E-state index contributed by atoms with van der Waals surface area (Å²) in [6, 6.07) is 0. The molecule has 1 N–H and O–H groups in total. The first-order valence-corrected chi connectivity index (χ1v) is 3.93. The second-order valence-electron chi connectivity index (χ2n) is 1.45. The minimum atomic E-state index is -0.343. The molecule has 0 heterocycles. The first kappa shape index (κ1) is 9.23. The summed E-state index contributed by atoms with van der Waals surface area (Å²) in [6.07, 6.45) is 3.81. The highest BCUT2D eigenvalue weighted by molar-refractivity contribution is 8.03. The third kappa shape index (κ3) is 2.68. The molecule has 0 saturated heterocycles. The Morgan fingerprint density at radius 2 is 2.20 bits per heavy atom. The average molecular weight is 159 g/mol. The van der Waals surface area contributed by atoms with Crippen LogP contribution in [-0.2, 0) is 9.59 Å². The fourth-order valence-electron chi connectivity index (χ4n) is 0.466. The molecule has 3 nitrogen and oxygen atoms in total. The molecule has 56 valence electrons. The number of thioether (sulfide) groups is 1. The molecule has 0 bridgehead atoms. The van der Waals surface area contributed by atoms with Crippen molar-refractivity contribution < 1.29 is 9.59 Å². The van der Waals surface area contributed by atoms with Gasteiger partial charge in [-0.2, -0.15) is 0 Å². The van der Waals surface area contributed by atoms with E-state index in [2.05, 4.69) is 0 Å². The van der Waals surface area contributed by atoms with E-state index in [0.717, 1.165) is 0 Å². The molecule has 10 heavy (non-hydrogen) atoms. The maximum atomic E-state index is 10.8. The molecular formula is C6H9NO2S. The molecule has 4 heteroatoms. The Labute approximate surface area is 63.9 Å². The first-order valence-electron chi connectivity index (χ1n) is 2.71. The molecule has 2 amide bonds. The summed E-state index contributed by atoms with van der Waals surface area (Å²) in [7, 11) is 0. The van der Waals surface area contributed by atoms with Crippen LogP contribution >= 0.6 is 11.8 Å². The van der Waals surface area contributed by atoms with Crippen molar-refractivity contribution in [1.29, 1.82) is 0 Å². The lowest BCUT2D eigenvalue weighted by Gasteiger charge is -1.97. The van der Waals surface area contributed by atoms with E-state index in [1.54, 1.807) is 19.3 Å². The number of nitrogens with one attached hydrogen (secondary N) is 1. The maximum absolute atomic E-state index is 10.8. The van der Waals surface area contributed by atoms with Gasteiger partial charge < -0.3 is 0 Å². The molecular weight excluding hydrogens is 150 g/mol. The van der Waals surface area contributed by atoms with Gasteiger partial charge in [-0.15, -0.1) is 11.8 Å². The summed E-state index contributed by atoms with van der Waals surface area (Å²) in [5.41, 5.74) is 0. The van der Waals surface area contributed by atoms with Gasteiger partial charge in [-0.3, -0.25) is 14.9 Å². The normalized spacial score (nSPS) is 10.8. The zero-order chi connectivity index (χ0) is 7.98. The Morgan fingerprint density at radius 3 is 2.50 bits per heavy atom. The van der Waals surface area contributed by atoms with Gasteiger partial charge in [0.25, 0.3) is 5.91 Å². The molecule has 0 spiro atoms. The van der Waals surface area contributed by atoms with Crippen LogP contribution in [0.15, 0.2) is 11.0 Å². The number of carbonyl (C=O) groups excluding carboxylic acids is 2. The van der Waals surface area contributed by atoms with Gasteiger partial charge in [-0.25, -0.2) is 0 Å². The molecule has 0 atom stereocenters. The summed E-state index contributed by atoms with van der Waals surface area (Å²) < 4.78 is 0. The standard InChI is InChI=1S/C6H9NO2S/c1-3-5(10-2)6(9)7-4-8/h3-4H,1-2H3,(H,7,8,9)/b5-3+. The van der Waals surface area contributed by atoms with Crippen molar-refractivity contribution in [2.45, 2.75) is 6.92 Å². The van der Waals surface area contributed by atoms with Crippen molar-refractivity contribution in [3.8, 4) is 0 Å². The number of carbonyl (C=O) groups is 2. The largest absolute Gasteiger partial charge is 0.295 e. The van der Waals surface area contributed by atoms with E-state index in [1.807, 2.05) is 5.32 Å². The minimum Gasteiger partial charge on any atom is -0.295 e. The second-order valence-corrected chi connectivity index (χ2v) is 2.30. The van der Waals surface area contributed by atoms with Gasteiger partial charge in [0.15, 0.2) is 0 Å². The van der Waals surface area contributed by atoms with Crippen LogP contribution in [0.4, 0.5) is 0 Å². The van der Waals surface area contributed by atoms with Crippen molar-refractivity contribution in [2.24, 2.45) is 0 Å². The highest BCUT2D eigenvalue weighted by Gasteiger charge is 2.03. The predicted molar refractivity (Wildman–Crippen MR) is 41.5 cm³/mol. The van der Waals surface area contributed by atoms with E-state index < -0.39 is 0 Å². The summed E-state index contributed by atoms with van der Waals surface area (Å²) in [5, 5.41) is 2.04. The third-order valence-corrected chi connectivity index (χ3v) is 1.76. The van der Waals surface area contributed by atoms with Crippen LogP contribution in [0.5, 0.6) is 0 Å². The monoisotopic (exact) mass is 159 g/mol. The highest BCUT2D eigenvalue weighted by Crippen LogP contribution is 2.09. The fraction of sp³-hybridized carbons (Fsp3) is 0.333. The summed E-state index contributed by atoms with van der Waals surface area (Å²) in [5.74, 6) is -0.343. The van der Waals surface area contributed by atoms with Crippen molar-refractivity contribution in [3.63, 3.8) is 0 Å². The van der Waals surface area contributed by atoms with Crippen molar-refractivity contribution >= 4 is 24.1 Å². The molecule has 0 unspecified atom stereocenters. The number of imide groups is 1. The Kier molecular flexibility index (Phi) is 4.66. The van der Waals surface area contributed by atoms with Gasteiger partial charge >= 0.3 is 0 Å². The van der Waals surface area contributed by atoms with Crippen molar-refractivity contribution in [2.75, 3.05) is 6.26 Å². The van der Waals surface area contributed by atoms with E-state index in [-0.39, 0.29) is 5.91 Å². The lowest BCUT2D eigenvalue weighted by atomic mass is 10.5. The fourth-order valence-corrected chi connectivity index (χ4v) is 0.946. The summed E-state index contributed by atoms with van der Waals surface area (Å²) >= 11 is 1.31. The average Bonchev–Trinajstić information content (AvgIpc) is 1.91. The van der Waals surface area contributed by atoms with Crippen LogP contribution in [0.3, 0.4) is 0 Å². The number of rotatable bonds is 3. The van der Waals surface area contributed by atoms with Crippen LogP contribution < -0.4 is 5.32 Å². The molecule has 0 aliphatic rings. The van der Waals surface area contributed by atoms with Gasteiger partial charge in [0, 0.05) is 0 Å². The second kappa shape index (κ2) is 5.05. The molecule has 0 aromatic rings. The van der Waals surface area contributed by atoms with Crippen LogP contribution in [0, 0.1) is 0 Å². The molecule has 0 aromatic carbocycles. The van der Waals surface area contributed by atoms with Crippen LogP contribution in [0.25, 0.3) is 0 Å². The smallest absolute Gasteiger partial charge is 0.263 e. The molecule has 0 rings (SSSR count). The molecule has 0 fully saturated rings. The topological polar surface area (TPSA) is 46.2 Å². The van der Waals surface area contributed by atoms with Crippen molar-refractivity contribution in [1.82, 2.24) is 5.32 Å². The SMILES string of the molecule is C/C=C(/SC)C(=O)NC=O. The number of allylic oxidation sites excluding steroid dienone is 1. The van der Waals surface area contributed by atoms with E-state index in [9.17, 15) is 9.59 Å². The Balaban J connectivity index is 4.03. The Hall–Kier alpha value is -0.770. The van der Waals surface area contributed by atoms with Gasteiger partial charge in [0.1, 0.15) is 0 Å². The summed E-state index contributed by atoms with van der Waals surface area (Å²) in [6.45, 7) is 1.75. The molecule has 0 aliphatic carbocycles. The zero-order valence-corrected chi connectivity index (χ0v) is 6.70. The van der Waals surface area contributed by atoms with E-state index in [0.29, 0.717) is 11.3 Å². The molecule has 0 radical (unpaired) electrons. The lowest BCUT2D eigenvalue weighted by molar-refractivity contribution is -0.121. The predicted octanol–water partition coefficient (Wildman–Crippen LogP) is 0.526. The molecule has 0 aliphatic heterocycles. The van der Waals surface area contributed by atoms with Gasteiger partial charge in [0.2, 0.25) is 6.41 Å². The number of hydrogen-bond acceptors (Lipinski definition) is 3. The van der Waals surface area contributed by atoms with Crippen LogP contribution in [0.2, 0.25) is 0 Å². The number of hydrogen-bond donors (Lipinski definition) is 1.